The van der Waals surface area contributed by atoms with Gasteiger partial charge in [-0.25, -0.2) is 4.68 Å². The molecule has 142 valence electrons. The minimum absolute atomic E-state index is 0. The number of para-hydroxylation sites is 1. The number of anilines is 1. The van der Waals surface area contributed by atoms with E-state index in [4.69, 9.17) is 5.10 Å². The number of halogens is 1. The zero-order valence-electron chi connectivity index (χ0n) is 15.6. The summed E-state index contributed by atoms with van der Waals surface area (Å²) in [5, 5.41) is 9.45. The van der Waals surface area contributed by atoms with Crippen molar-refractivity contribution >= 4 is 29.0 Å². The van der Waals surface area contributed by atoms with Crippen LogP contribution in [0.25, 0.3) is 16.6 Å². The number of hydrogen-bond acceptors (Lipinski definition) is 4. The Morgan fingerprint density at radius 1 is 0.963 bits per heavy atom. The molecule has 2 aliphatic rings. The number of nitrogens with one attached hydrogen (secondary N) is 1. The van der Waals surface area contributed by atoms with Crippen molar-refractivity contribution in [2.45, 2.75) is 13.0 Å². The van der Waals surface area contributed by atoms with E-state index in [1.807, 2.05) is 6.07 Å². The molecule has 0 aliphatic carbocycles. The summed E-state index contributed by atoms with van der Waals surface area (Å²) in [6.45, 7) is 8.95. The van der Waals surface area contributed by atoms with Crippen LogP contribution in [-0.4, -0.2) is 60.0 Å². The Hall–Kier alpha value is -2.08. The first-order chi connectivity index (χ1) is 12.8. The molecule has 5 rings (SSSR count). The van der Waals surface area contributed by atoms with Gasteiger partial charge >= 0.3 is 0 Å². The molecule has 2 fully saturated rings. The van der Waals surface area contributed by atoms with Crippen molar-refractivity contribution in [1.82, 2.24) is 20.0 Å². The van der Waals surface area contributed by atoms with E-state index in [1.165, 1.54) is 29.7 Å². The molecular formula is C21H26ClN5. The molecular weight excluding hydrogens is 358 g/mol. The number of rotatable bonds is 3. The van der Waals surface area contributed by atoms with Crippen LogP contribution in [-0.2, 0) is 0 Å². The summed E-state index contributed by atoms with van der Waals surface area (Å²) in [6, 6.07) is 17.9. The largest absolute Gasteiger partial charge is 0.368 e. The zero-order chi connectivity index (χ0) is 17.5. The molecule has 1 N–H and O–H groups in total. The Morgan fingerprint density at radius 2 is 1.70 bits per heavy atom. The van der Waals surface area contributed by atoms with Gasteiger partial charge in [0.15, 0.2) is 0 Å². The molecule has 3 aromatic rings. The molecule has 6 heteroatoms. The van der Waals surface area contributed by atoms with Gasteiger partial charge in [0.1, 0.15) is 0 Å². The lowest BCUT2D eigenvalue weighted by molar-refractivity contribution is 0.147. The van der Waals surface area contributed by atoms with E-state index >= 15 is 0 Å². The van der Waals surface area contributed by atoms with Crippen LogP contribution < -0.4 is 10.2 Å². The average molecular weight is 384 g/mol. The van der Waals surface area contributed by atoms with Crippen LogP contribution in [0.3, 0.4) is 0 Å². The highest BCUT2D eigenvalue weighted by atomic mass is 35.5. The van der Waals surface area contributed by atoms with Crippen molar-refractivity contribution < 1.29 is 0 Å². The van der Waals surface area contributed by atoms with Crippen molar-refractivity contribution in [2.75, 3.05) is 44.2 Å². The highest BCUT2D eigenvalue weighted by molar-refractivity contribution is 5.86. The second kappa shape index (κ2) is 7.50. The quantitative estimate of drug-likeness (QED) is 0.754. The molecule has 2 saturated heterocycles. The first-order valence-electron chi connectivity index (χ1n) is 9.54. The summed E-state index contributed by atoms with van der Waals surface area (Å²) in [7, 11) is 0. The molecule has 5 nitrogen and oxygen atoms in total. The lowest BCUT2D eigenvalue weighted by atomic mass is 10.0. The second-order valence-electron chi connectivity index (χ2n) is 7.38. The van der Waals surface area contributed by atoms with Gasteiger partial charge in [0, 0.05) is 56.4 Å². The maximum absolute atomic E-state index is 4.78. The summed E-state index contributed by atoms with van der Waals surface area (Å²) in [5.41, 5.74) is 4.69. The maximum Gasteiger partial charge on any atom is 0.0764 e. The molecule has 0 bridgehead atoms. The Bertz CT molecular complexity index is 911. The van der Waals surface area contributed by atoms with Crippen molar-refractivity contribution in [1.29, 1.82) is 0 Å². The Balaban J connectivity index is 0.00000180. The monoisotopic (exact) mass is 383 g/mol. The summed E-state index contributed by atoms with van der Waals surface area (Å²) >= 11 is 0. The fourth-order valence-corrected chi connectivity index (χ4v) is 4.17. The number of aromatic nitrogens is 2. The van der Waals surface area contributed by atoms with E-state index in [2.05, 4.69) is 69.2 Å². The molecule has 0 saturated carbocycles. The number of piperazine rings is 1. The SMILES string of the molecule is Cc1nn(-c2ccccc2)c2cc(N3CC(N4CCNCC4)C3)ccc12.Cl. The van der Waals surface area contributed by atoms with Crippen molar-refractivity contribution in [3.63, 3.8) is 0 Å². The highest BCUT2D eigenvalue weighted by Crippen LogP contribution is 2.30. The van der Waals surface area contributed by atoms with E-state index in [0.29, 0.717) is 6.04 Å². The Labute approximate surface area is 166 Å². The number of nitrogens with zero attached hydrogens (tertiary/aromatic N) is 4. The molecule has 0 spiro atoms. The second-order valence-corrected chi connectivity index (χ2v) is 7.38. The van der Waals surface area contributed by atoms with Crippen LogP contribution in [0.2, 0.25) is 0 Å². The van der Waals surface area contributed by atoms with E-state index < -0.39 is 0 Å². The summed E-state index contributed by atoms with van der Waals surface area (Å²) < 4.78 is 2.07. The molecule has 2 aromatic carbocycles. The van der Waals surface area contributed by atoms with Gasteiger partial charge in [-0.3, -0.25) is 4.90 Å². The van der Waals surface area contributed by atoms with E-state index in [9.17, 15) is 0 Å². The molecule has 0 radical (unpaired) electrons. The zero-order valence-corrected chi connectivity index (χ0v) is 16.5. The highest BCUT2D eigenvalue weighted by Gasteiger charge is 2.32. The first-order valence-corrected chi connectivity index (χ1v) is 9.54. The van der Waals surface area contributed by atoms with Crippen LogP contribution in [0, 0.1) is 6.92 Å². The number of benzene rings is 2. The first kappa shape index (κ1) is 18.3. The fourth-order valence-electron chi connectivity index (χ4n) is 4.17. The third-order valence-corrected chi connectivity index (χ3v) is 5.75. The third kappa shape index (κ3) is 3.31. The fraction of sp³-hybridized carbons (Fsp3) is 0.381. The van der Waals surface area contributed by atoms with Crippen LogP contribution in [0.1, 0.15) is 5.69 Å². The number of fused-ring (bicyclic) bond motifs is 1. The molecule has 1 aromatic heterocycles. The molecule has 3 heterocycles. The predicted molar refractivity (Wildman–Crippen MR) is 113 cm³/mol. The minimum atomic E-state index is 0. The minimum Gasteiger partial charge on any atom is -0.368 e. The van der Waals surface area contributed by atoms with E-state index in [0.717, 1.165) is 37.6 Å². The smallest absolute Gasteiger partial charge is 0.0764 e. The molecule has 0 atom stereocenters. The third-order valence-electron chi connectivity index (χ3n) is 5.75. The van der Waals surface area contributed by atoms with Gasteiger partial charge < -0.3 is 10.2 Å². The van der Waals surface area contributed by atoms with Gasteiger partial charge in [0.25, 0.3) is 0 Å². The van der Waals surface area contributed by atoms with Gasteiger partial charge in [-0.05, 0) is 37.3 Å². The van der Waals surface area contributed by atoms with E-state index in [-0.39, 0.29) is 12.4 Å². The Morgan fingerprint density at radius 3 is 2.44 bits per heavy atom. The van der Waals surface area contributed by atoms with Crippen LogP contribution in [0.4, 0.5) is 5.69 Å². The molecule has 27 heavy (non-hydrogen) atoms. The lowest BCUT2D eigenvalue weighted by Crippen LogP contribution is -2.62. The summed E-state index contributed by atoms with van der Waals surface area (Å²) in [4.78, 5) is 5.12. The number of hydrogen-bond donors (Lipinski definition) is 1. The van der Waals surface area contributed by atoms with Gasteiger partial charge in [-0.2, -0.15) is 5.10 Å². The van der Waals surface area contributed by atoms with Crippen molar-refractivity contribution in [3.8, 4) is 5.69 Å². The average Bonchev–Trinajstić information content (AvgIpc) is 2.99. The lowest BCUT2D eigenvalue weighted by Gasteiger charge is -2.48. The van der Waals surface area contributed by atoms with Crippen molar-refractivity contribution in [3.05, 3.63) is 54.2 Å². The van der Waals surface area contributed by atoms with Crippen LogP contribution >= 0.6 is 12.4 Å². The summed E-state index contributed by atoms with van der Waals surface area (Å²) in [5.74, 6) is 0. The van der Waals surface area contributed by atoms with Gasteiger partial charge in [-0.1, -0.05) is 18.2 Å². The van der Waals surface area contributed by atoms with Crippen LogP contribution in [0.15, 0.2) is 48.5 Å². The molecule has 0 amide bonds. The molecule has 0 unspecified atom stereocenters. The van der Waals surface area contributed by atoms with Crippen LogP contribution in [0.5, 0.6) is 0 Å². The normalized spacial score (nSPS) is 18.3. The predicted octanol–water partition coefficient (Wildman–Crippen LogP) is 2.85. The van der Waals surface area contributed by atoms with Gasteiger partial charge in [-0.15, -0.1) is 12.4 Å². The topological polar surface area (TPSA) is 36.3 Å². The standard InChI is InChI=1S/C21H25N5.ClH/c1-16-20-8-7-18(25-14-19(15-25)24-11-9-22-10-12-24)13-21(20)26(23-16)17-5-3-2-4-6-17;/h2-8,13,19,22H,9-12,14-15H2,1H3;1H. The number of aryl methyl sites for hydroxylation is 1. The van der Waals surface area contributed by atoms with E-state index in [1.54, 1.807) is 0 Å². The molecule has 2 aliphatic heterocycles. The summed E-state index contributed by atoms with van der Waals surface area (Å²) in [6.07, 6.45) is 0. The van der Waals surface area contributed by atoms with Gasteiger partial charge in [0.05, 0.1) is 16.9 Å². The maximum atomic E-state index is 4.78. The van der Waals surface area contributed by atoms with Crippen molar-refractivity contribution in [2.24, 2.45) is 0 Å². The van der Waals surface area contributed by atoms with Gasteiger partial charge in [0.2, 0.25) is 0 Å². The Kier molecular flexibility index (Phi) is 5.08.